The molecular weight excluding hydrogens is 382 g/mol. The predicted molar refractivity (Wildman–Crippen MR) is 118 cm³/mol. The first-order valence-corrected chi connectivity index (χ1v) is 9.90. The number of thiophene rings is 1. The second kappa shape index (κ2) is 7.00. The summed E-state index contributed by atoms with van der Waals surface area (Å²) < 4.78 is 1.21. The lowest BCUT2D eigenvalue weighted by molar-refractivity contribution is 0.475. The Balaban J connectivity index is 1.65. The third-order valence-electron chi connectivity index (χ3n) is 4.82. The largest absolute Gasteiger partial charge is 0.507 e. The molecule has 2 heterocycles. The number of phenolic OH excluding ortho intramolecular Hbond substituents is 1. The smallest absolute Gasteiger partial charge is 0.283 e. The molecule has 0 atom stereocenters. The first kappa shape index (κ1) is 17.3. The molecule has 0 radical (unpaired) electrons. The number of aromatic hydroxyl groups is 1. The van der Waals surface area contributed by atoms with Crippen molar-refractivity contribution in [2.24, 2.45) is 5.10 Å². The summed E-state index contributed by atoms with van der Waals surface area (Å²) in [6.45, 7) is 0. The van der Waals surface area contributed by atoms with Crippen molar-refractivity contribution in [1.82, 2.24) is 9.66 Å². The molecule has 0 saturated carbocycles. The molecule has 5 rings (SSSR count). The molecule has 6 heteroatoms. The Morgan fingerprint density at radius 1 is 1.00 bits per heavy atom. The molecule has 0 aliphatic rings. The van der Waals surface area contributed by atoms with Gasteiger partial charge in [-0.1, -0.05) is 60.7 Å². The molecule has 3 aromatic carbocycles. The fourth-order valence-electron chi connectivity index (χ4n) is 3.38. The highest BCUT2D eigenvalue weighted by molar-refractivity contribution is 7.17. The summed E-state index contributed by atoms with van der Waals surface area (Å²) in [5, 5.41) is 18.9. The average molecular weight is 397 g/mol. The van der Waals surface area contributed by atoms with E-state index in [2.05, 4.69) is 10.1 Å². The maximum absolute atomic E-state index is 13.1. The zero-order valence-electron chi connectivity index (χ0n) is 15.2. The average Bonchev–Trinajstić information content (AvgIpc) is 3.20. The lowest BCUT2D eigenvalue weighted by atomic mass is 10.0. The summed E-state index contributed by atoms with van der Waals surface area (Å²) in [5.41, 5.74) is 2.13. The Hall–Kier alpha value is -3.77. The lowest BCUT2D eigenvalue weighted by Gasteiger charge is -2.05. The van der Waals surface area contributed by atoms with Gasteiger partial charge < -0.3 is 5.11 Å². The maximum Gasteiger partial charge on any atom is 0.283 e. The molecule has 0 saturated heterocycles. The molecule has 0 aliphatic carbocycles. The van der Waals surface area contributed by atoms with E-state index in [9.17, 15) is 9.90 Å². The van der Waals surface area contributed by atoms with Crippen LogP contribution in [0.15, 0.2) is 88.3 Å². The number of hydrogen-bond acceptors (Lipinski definition) is 5. The Labute approximate surface area is 169 Å². The predicted octanol–water partition coefficient (Wildman–Crippen LogP) is 4.87. The minimum Gasteiger partial charge on any atom is -0.507 e. The number of benzene rings is 3. The van der Waals surface area contributed by atoms with Crippen molar-refractivity contribution in [2.75, 3.05) is 0 Å². The van der Waals surface area contributed by atoms with Crippen LogP contribution in [0.3, 0.4) is 0 Å². The summed E-state index contributed by atoms with van der Waals surface area (Å²) in [6, 6.07) is 20.9. The van der Waals surface area contributed by atoms with Crippen molar-refractivity contribution in [1.29, 1.82) is 0 Å². The van der Waals surface area contributed by atoms with Crippen molar-refractivity contribution in [3.05, 3.63) is 94.4 Å². The molecule has 0 spiro atoms. The van der Waals surface area contributed by atoms with Crippen LogP contribution in [0.1, 0.15) is 5.56 Å². The first-order chi connectivity index (χ1) is 14.2. The van der Waals surface area contributed by atoms with Gasteiger partial charge in [0.25, 0.3) is 5.56 Å². The molecule has 0 amide bonds. The molecule has 0 aliphatic heterocycles. The van der Waals surface area contributed by atoms with Gasteiger partial charge in [0.2, 0.25) is 0 Å². The van der Waals surface area contributed by atoms with Crippen molar-refractivity contribution in [3.8, 4) is 16.9 Å². The van der Waals surface area contributed by atoms with Gasteiger partial charge in [0.15, 0.2) is 0 Å². The molecule has 0 unspecified atom stereocenters. The van der Waals surface area contributed by atoms with Crippen LogP contribution in [-0.4, -0.2) is 21.0 Å². The van der Waals surface area contributed by atoms with E-state index in [-0.39, 0.29) is 11.3 Å². The Morgan fingerprint density at radius 3 is 2.66 bits per heavy atom. The molecule has 5 nitrogen and oxygen atoms in total. The van der Waals surface area contributed by atoms with Crippen LogP contribution in [0.4, 0.5) is 0 Å². The number of fused-ring (bicyclic) bond motifs is 2. The van der Waals surface area contributed by atoms with E-state index in [1.165, 1.54) is 28.6 Å². The van der Waals surface area contributed by atoms with Crippen molar-refractivity contribution >= 4 is 38.5 Å². The number of rotatable bonds is 3. The number of hydrogen-bond donors (Lipinski definition) is 1. The van der Waals surface area contributed by atoms with Gasteiger partial charge in [0, 0.05) is 16.5 Å². The van der Waals surface area contributed by atoms with Crippen LogP contribution in [0.5, 0.6) is 5.75 Å². The van der Waals surface area contributed by atoms with Gasteiger partial charge >= 0.3 is 0 Å². The van der Waals surface area contributed by atoms with E-state index in [1.807, 2.05) is 66.0 Å². The highest BCUT2D eigenvalue weighted by Gasteiger charge is 2.13. The van der Waals surface area contributed by atoms with Crippen LogP contribution in [0, 0.1) is 0 Å². The molecule has 140 valence electrons. The third kappa shape index (κ3) is 2.99. The minimum absolute atomic E-state index is 0.107. The SMILES string of the molecule is O=c1c2c(-c3ccccc3)csc2ncn1/N=C/c1c(O)ccc2ccccc12. The molecule has 0 fully saturated rings. The molecular formula is C23H15N3O2S. The summed E-state index contributed by atoms with van der Waals surface area (Å²) in [5.74, 6) is 0.107. The summed E-state index contributed by atoms with van der Waals surface area (Å²) in [4.78, 5) is 18.2. The summed E-state index contributed by atoms with van der Waals surface area (Å²) in [7, 11) is 0. The van der Waals surface area contributed by atoms with Crippen molar-refractivity contribution in [3.63, 3.8) is 0 Å². The van der Waals surface area contributed by atoms with Crippen LogP contribution < -0.4 is 5.56 Å². The molecule has 0 bridgehead atoms. The van der Waals surface area contributed by atoms with E-state index in [0.717, 1.165) is 21.9 Å². The van der Waals surface area contributed by atoms with E-state index < -0.39 is 0 Å². The normalized spacial score (nSPS) is 11.6. The van der Waals surface area contributed by atoms with E-state index in [1.54, 1.807) is 6.07 Å². The maximum atomic E-state index is 13.1. The quantitative estimate of drug-likeness (QED) is 0.442. The molecule has 5 aromatic rings. The first-order valence-electron chi connectivity index (χ1n) is 9.02. The second-order valence-corrected chi connectivity index (χ2v) is 7.41. The number of nitrogens with zero attached hydrogens (tertiary/aromatic N) is 3. The van der Waals surface area contributed by atoms with E-state index in [4.69, 9.17) is 0 Å². The van der Waals surface area contributed by atoms with Gasteiger partial charge in [0.05, 0.1) is 11.6 Å². The molecule has 1 N–H and O–H groups in total. The third-order valence-corrected chi connectivity index (χ3v) is 5.71. The van der Waals surface area contributed by atoms with E-state index >= 15 is 0 Å². The van der Waals surface area contributed by atoms with Gasteiger partial charge in [-0.25, -0.2) is 4.98 Å². The second-order valence-electron chi connectivity index (χ2n) is 6.55. The lowest BCUT2D eigenvalue weighted by Crippen LogP contribution is -2.16. The van der Waals surface area contributed by atoms with Gasteiger partial charge in [0.1, 0.15) is 16.9 Å². The fourth-order valence-corrected chi connectivity index (χ4v) is 4.28. The Morgan fingerprint density at radius 2 is 1.79 bits per heavy atom. The molecule has 29 heavy (non-hydrogen) atoms. The monoisotopic (exact) mass is 397 g/mol. The van der Waals surface area contributed by atoms with Gasteiger partial charge in [-0.3, -0.25) is 4.79 Å². The zero-order chi connectivity index (χ0) is 19.8. The van der Waals surface area contributed by atoms with Gasteiger partial charge in [-0.15, -0.1) is 11.3 Å². The van der Waals surface area contributed by atoms with Crippen LogP contribution in [0.2, 0.25) is 0 Å². The minimum atomic E-state index is -0.244. The fraction of sp³-hybridized carbons (Fsp3) is 0. The topological polar surface area (TPSA) is 67.5 Å². The van der Waals surface area contributed by atoms with Crippen LogP contribution >= 0.6 is 11.3 Å². The number of phenols is 1. The van der Waals surface area contributed by atoms with Crippen molar-refractivity contribution < 1.29 is 5.11 Å². The Bertz CT molecular complexity index is 1440. The number of aromatic nitrogens is 2. The Kier molecular flexibility index (Phi) is 4.18. The highest BCUT2D eigenvalue weighted by atomic mass is 32.1. The summed E-state index contributed by atoms with van der Waals surface area (Å²) >= 11 is 1.43. The van der Waals surface area contributed by atoms with Gasteiger partial charge in [-0.05, 0) is 22.4 Å². The van der Waals surface area contributed by atoms with Crippen molar-refractivity contribution in [2.45, 2.75) is 0 Å². The molecule has 2 aromatic heterocycles. The zero-order valence-corrected chi connectivity index (χ0v) is 16.0. The van der Waals surface area contributed by atoms with Crippen LogP contribution in [0.25, 0.3) is 32.1 Å². The van der Waals surface area contributed by atoms with Gasteiger partial charge in [-0.2, -0.15) is 9.78 Å². The summed E-state index contributed by atoms with van der Waals surface area (Å²) in [6.07, 6.45) is 2.91. The highest BCUT2D eigenvalue weighted by Crippen LogP contribution is 2.30. The van der Waals surface area contributed by atoms with Crippen LogP contribution in [-0.2, 0) is 0 Å². The standard InChI is InChI=1S/C23H15N3O2S/c27-20-11-10-16-8-4-5-9-17(16)18(20)12-25-26-14-24-22-21(23(26)28)19(13-29-22)15-6-2-1-3-7-15/h1-14,27H/b25-12+. The van der Waals surface area contributed by atoms with E-state index in [0.29, 0.717) is 15.8 Å².